The van der Waals surface area contributed by atoms with Crippen LogP contribution in [0.1, 0.15) is 35.7 Å². The third-order valence-corrected chi connectivity index (χ3v) is 6.18. The molecule has 0 unspecified atom stereocenters. The van der Waals surface area contributed by atoms with Gasteiger partial charge in [0.25, 0.3) is 0 Å². The molecule has 2 amide bonds. The zero-order valence-electron chi connectivity index (χ0n) is 16.2. The Morgan fingerprint density at radius 2 is 2.25 bits per heavy atom. The van der Waals surface area contributed by atoms with E-state index in [1.165, 1.54) is 0 Å². The summed E-state index contributed by atoms with van der Waals surface area (Å²) in [5.74, 6) is 1.38. The number of benzene rings is 1. The summed E-state index contributed by atoms with van der Waals surface area (Å²) in [7, 11) is 0. The molecule has 0 spiro atoms. The number of carbonyl (C=O) groups is 1. The lowest BCUT2D eigenvalue weighted by molar-refractivity contribution is 0.250. The second-order valence-electron chi connectivity index (χ2n) is 6.96. The quantitative estimate of drug-likeness (QED) is 0.790. The molecule has 2 heterocycles. The van der Waals surface area contributed by atoms with Gasteiger partial charge in [0.1, 0.15) is 5.00 Å². The van der Waals surface area contributed by atoms with E-state index in [-0.39, 0.29) is 6.03 Å². The SMILES string of the molecule is Cc1nc(CC(C)C)sc1N(Cc1cccc(C#N)c1)C(=O)NC1=NCCS1. The van der Waals surface area contributed by atoms with Crippen molar-refractivity contribution in [2.75, 3.05) is 17.2 Å². The smallest absolute Gasteiger partial charge is 0.287 e. The topological polar surface area (TPSA) is 81.4 Å². The van der Waals surface area contributed by atoms with Crippen LogP contribution in [0.25, 0.3) is 0 Å². The number of thioether (sulfide) groups is 1. The van der Waals surface area contributed by atoms with Crippen LogP contribution in [0.5, 0.6) is 0 Å². The number of aryl methyl sites for hydroxylation is 1. The molecular weight excluding hydrogens is 390 g/mol. The molecule has 28 heavy (non-hydrogen) atoms. The highest BCUT2D eigenvalue weighted by Gasteiger charge is 2.24. The van der Waals surface area contributed by atoms with E-state index in [4.69, 9.17) is 0 Å². The first kappa shape index (κ1) is 20.4. The second kappa shape index (κ2) is 9.22. The van der Waals surface area contributed by atoms with E-state index in [0.29, 0.717) is 23.2 Å². The number of carbonyl (C=O) groups excluding carboxylic acids is 1. The Labute approximate surface area is 173 Å². The average Bonchev–Trinajstić information content (AvgIpc) is 3.29. The highest BCUT2D eigenvalue weighted by atomic mass is 32.2. The molecule has 0 fully saturated rings. The van der Waals surface area contributed by atoms with Crippen LogP contribution in [0, 0.1) is 24.2 Å². The fraction of sp³-hybridized carbons (Fsp3) is 0.400. The third kappa shape index (κ3) is 5.12. The highest BCUT2D eigenvalue weighted by molar-refractivity contribution is 8.14. The first-order chi connectivity index (χ1) is 13.5. The van der Waals surface area contributed by atoms with Gasteiger partial charge in [0.05, 0.1) is 35.4 Å². The van der Waals surface area contributed by atoms with E-state index in [9.17, 15) is 10.1 Å². The summed E-state index contributed by atoms with van der Waals surface area (Å²) < 4.78 is 0. The van der Waals surface area contributed by atoms with Crippen molar-refractivity contribution in [3.05, 3.63) is 46.1 Å². The lowest BCUT2D eigenvalue weighted by Gasteiger charge is -2.22. The number of nitrogens with zero attached hydrogens (tertiary/aromatic N) is 4. The molecular formula is C20H23N5OS2. The Bertz CT molecular complexity index is 929. The predicted molar refractivity (Wildman–Crippen MR) is 116 cm³/mol. The van der Waals surface area contributed by atoms with E-state index in [1.54, 1.807) is 34.1 Å². The molecule has 0 aliphatic carbocycles. The monoisotopic (exact) mass is 413 g/mol. The molecule has 1 aromatic carbocycles. The van der Waals surface area contributed by atoms with Crippen molar-refractivity contribution in [2.45, 2.75) is 33.7 Å². The van der Waals surface area contributed by atoms with Gasteiger partial charge < -0.3 is 0 Å². The number of amidine groups is 1. The Morgan fingerprint density at radius 3 is 2.93 bits per heavy atom. The van der Waals surface area contributed by atoms with Crippen molar-refractivity contribution in [3.8, 4) is 6.07 Å². The molecule has 0 saturated heterocycles. The zero-order chi connectivity index (χ0) is 20.1. The van der Waals surface area contributed by atoms with Gasteiger partial charge in [0.15, 0.2) is 5.17 Å². The number of aliphatic imine (C=N–C) groups is 1. The van der Waals surface area contributed by atoms with Crippen LogP contribution in [0.15, 0.2) is 29.3 Å². The molecule has 0 radical (unpaired) electrons. The van der Waals surface area contributed by atoms with Crippen LogP contribution in [0.2, 0.25) is 0 Å². The summed E-state index contributed by atoms with van der Waals surface area (Å²) in [6.07, 6.45) is 0.882. The van der Waals surface area contributed by atoms with Crippen LogP contribution < -0.4 is 10.2 Å². The fourth-order valence-electron chi connectivity index (χ4n) is 2.86. The molecule has 1 aromatic heterocycles. The van der Waals surface area contributed by atoms with Crippen molar-refractivity contribution >= 4 is 39.3 Å². The van der Waals surface area contributed by atoms with Gasteiger partial charge in [0, 0.05) is 12.2 Å². The summed E-state index contributed by atoms with van der Waals surface area (Å²) in [5.41, 5.74) is 2.32. The number of nitriles is 1. The molecule has 6 nitrogen and oxygen atoms in total. The molecule has 1 aliphatic heterocycles. The first-order valence-corrected chi connectivity index (χ1v) is 11.0. The number of aromatic nitrogens is 1. The largest absolute Gasteiger partial charge is 0.328 e. The van der Waals surface area contributed by atoms with Crippen LogP contribution in [-0.4, -0.2) is 28.5 Å². The molecule has 1 N–H and O–H groups in total. The first-order valence-electron chi connectivity index (χ1n) is 9.17. The minimum atomic E-state index is -0.224. The molecule has 0 saturated carbocycles. The molecule has 0 bridgehead atoms. The van der Waals surface area contributed by atoms with Crippen LogP contribution in [-0.2, 0) is 13.0 Å². The number of rotatable bonds is 5. The summed E-state index contributed by atoms with van der Waals surface area (Å²) >= 11 is 3.10. The number of amides is 2. The maximum atomic E-state index is 13.1. The third-order valence-electron chi connectivity index (χ3n) is 4.09. The van der Waals surface area contributed by atoms with Gasteiger partial charge in [-0.05, 0) is 30.5 Å². The van der Waals surface area contributed by atoms with Crippen molar-refractivity contribution in [2.24, 2.45) is 10.9 Å². The van der Waals surface area contributed by atoms with Crippen molar-refractivity contribution in [1.29, 1.82) is 5.26 Å². The molecule has 146 valence electrons. The van der Waals surface area contributed by atoms with Gasteiger partial charge in [-0.1, -0.05) is 37.7 Å². The lowest BCUT2D eigenvalue weighted by atomic mass is 10.1. The minimum absolute atomic E-state index is 0.224. The zero-order valence-corrected chi connectivity index (χ0v) is 17.9. The molecule has 0 atom stereocenters. The summed E-state index contributed by atoms with van der Waals surface area (Å²) in [6, 6.07) is 9.27. The Morgan fingerprint density at radius 1 is 1.43 bits per heavy atom. The van der Waals surface area contributed by atoms with E-state index in [0.717, 1.165) is 40.0 Å². The van der Waals surface area contributed by atoms with Crippen molar-refractivity contribution in [1.82, 2.24) is 10.3 Å². The highest BCUT2D eigenvalue weighted by Crippen LogP contribution is 2.31. The van der Waals surface area contributed by atoms with Crippen molar-refractivity contribution in [3.63, 3.8) is 0 Å². The lowest BCUT2D eigenvalue weighted by Crippen LogP contribution is -2.41. The normalized spacial score (nSPS) is 13.3. The second-order valence-corrected chi connectivity index (χ2v) is 9.11. The van der Waals surface area contributed by atoms with Gasteiger partial charge in [-0.2, -0.15) is 5.26 Å². The van der Waals surface area contributed by atoms with Gasteiger partial charge in [0.2, 0.25) is 0 Å². The van der Waals surface area contributed by atoms with E-state index < -0.39 is 0 Å². The number of thiazole rings is 1. The Hall–Kier alpha value is -2.37. The number of anilines is 1. The number of hydrogen-bond donors (Lipinski definition) is 1. The molecule has 1 aliphatic rings. The van der Waals surface area contributed by atoms with Gasteiger partial charge >= 0.3 is 6.03 Å². The van der Waals surface area contributed by atoms with E-state index >= 15 is 0 Å². The number of nitrogens with one attached hydrogen (secondary N) is 1. The van der Waals surface area contributed by atoms with Crippen LogP contribution in [0.3, 0.4) is 0 Å². The van der Waals surface area contributed by atoms with Gasteiger partial charge in [-0.3, -0.25) is 15.2 Å². The predicted octanol–water partition coefficient (Wildman–Crippen LogP) is 4.34. The maximum absolute atomic E-state index is 13.1. The van der Waals surface area contributed by atoms with Crippen molar-refractivity contribution < 1.29 is 4.79 Å². The van der Waals surface area contributed by atoms with Crippen LogP contribution in [0.4, 0.5) is 9.80 Å². The molecule has 8 heteroatoms. The van der Waals surface area contributed by atoms with Gasteiger partial charge in [-0.15, -0.1) is 11.3 Å². The fourth-order valence-corrected chi connectivity index (χ4v) is 4.85. The number of hydrogen-bond acceptors (Lipinski definition) is 6. The summed E-state index contributed by atoms with van der Waals surface area (Å²) in [6.45, 7) is 7.34. The minimum Gasteiger partial charge on any atom is -0.287 e. The maximum Gasteiger partial charge on any atom is 0.328 e. The molecule has 3 rings (SSSR count). The standard InChI is InChI=1S/C20H23N5OS2/c1-13(2)9-17-23-14(3)18(28-17)25(20(26)24-19-22-7-8-27-19)12-16-6-4-5-15(10-16)11-21/h4-6,10,13H,7-9,12H2,1-3H3,(H,22,24,26). The summed E-state index contributed by atoms with van der Waals surface area (Å²) in [4.78, 5) is 23.8. The van der Waals surface area contributed by atoms with Crippen LogP contribution >= 0.6 is 23.1 Å². The van der Waals surface area contributed by atoms with Gasteiger partial charge in [-0.25, -0.2) is 9.78 Å². The summed E-state index contributed by atoms with van der Waals surface area (Å²) in [5, 5.41) is 14.6. The average molecular weight is 414 g/mol. The number of urea groups is 1. The Balaban J connectivity index is 1.90. The van der Waals surface area contributed by atoms with E-state index in [1.807, 2.05) is 25.1 Å². The Kier molecular flexibility index (Phi) is 6.70. The van der Waals surface area contributed by atoms with E-state index in [2.05, 4.69) is 35.2 Å². The molecule has 2 aromatic rings.